The van der Waals surface area contributed by atoms with Crippen molar-refractivity contribution in [3.8, 4) is 5.88 Å². The summed E-state index contributed by atoms with van der Waals surface area (Å²) in [6, 6.07) is 2.98. The van der Waals surface area contributed by atoms with Crippen LogP contribution in [0, 0.1) is 5.92 Å². The number of nitrogens with two attached hydrogens (primary N) is 1. The first kappa shape index (κ1) is 14.4. The van der Waals surface area contributed by atoms with Gasteiger partial charge in [0.05, 0.1) is 12.6 Å². The molecular weight excluding hydrogens is 230 g/mol. The van der Waals surface area contributed by atoms with E-state index in [1.54, 1.807) is 18.3 Å². The molecule has 1 heterocycles. The molecule has 3 N–H and O–H groups in total. The number of pyridine rings is 1. The molecule has 5 heteroatoms. The molecular formula is C13H21N3O2. The van der Waals surface area contributed by atoms with Crippen molar-refractivity contribution in [3.05, 3.63) is 18.3 Å². The third kappa shape index (κ3) is 4.33. The SMILES string of the molecule is CCOc1ncccc1NC(=O)[C@@H](N)CC(C)C. The van der Waals surface area contributed by atoms with E-state index in [1.807, 2.05) is 20.8 Å². The number of hydrogen-bond donors (Lipinski definition) is 2. The molecule has 1 atom stereocenters. The number of nitrogens with one attached hydrogen (secondary N) is 1. The van der Waals surface area contributed by atoms with Gasteiger partial charge in [-0.15, -0.1) is 0 Å². The molecule has 0 saturated carbocycles. The number of nitrogens with zero attached hydrogens (tertiary/aromatic N) is 1. The minimum Gasteiger partial charge on any atom is -0.476 e. The van der Waals surface area contributed by atoms with Gasteiger partial charge >= 0.3 is 0 Å². The van der Waals surface area contributed by atoms with Gasteiger partial charge in [-0.05, 0) is 31.4 Å². The Morgan fingerprint density at radius 1 is 1.56 bits per heavy atom. The van der Waals surface area contributed by atoms with Gasteiger partial charge in [0.1, 0.15) is 5.69 Å². The monoisotopic (exact) mass is 251 g/mol. The van der Waals surface area contributed by atoms with Crippen LogP contribution < -0.4 is 15.8 Å². The predicted octanol–water partition coefficient (Wildman–Crippen LogP) is 1.79. The van der Waals surface area contributed by atoms with Gasteiger partial charge < -0.3 is 15.8 Å². The molecule has 0 bridgehead atoms. The number of ether oxygens (including phenoxy) is 1. The lowest BCUT2D eigenvalue weighted by atomic mass is 10.0. The van der Waals surface area contributed by atoms with E-state index in [4.69, 9.17) is 10.5 Å². The number of carbonyl (C=O) groups excluding carboxylic acids is 1. The summed E-state index contributed by atoms with van der Waals surface area (Å²) in [5, 5.41) is 2.75. The molecule has 0 aliphatic carbocycles. The highest BCUT2D eigenvalue weighted by atomic mass is 16.5. The first-order chi connectivity index (χ1) is 8.54. The summed E-state index contributed by atoms with van der Waals surface area (Å²) in [5.41, 5.74) is 6.38. The minimum absolute atomic E-state index is 0.211. The zero-order chi connectivity index (χ0) is 13.5. The molecule has 0 aromatic carbocycles. The zero-order valence-corrected chi connectivity index (χ0v) is 11.1. The highest BCUT2D eigenvalue weighted by Crippen LogP contribution is 2.20. The zero-order valence-electron chi connectivity index (χ0n) is 11.1. The maximum absolute atomic E-state index is 11.9. The topological polar surface area (TPSA) is 77.2 Å². The van der Waals surface area contributed by atoms with E-state index in [9.17, 15) is 4.79 Å². The molecule has 0 radical (unpaired) electrons. The predicted molar refractivity (Wildman–Crippen MR) is 71.5 cm³/mol. The number of hydrogen-bond acceptors (Lipinski definition) is 4. The molecule has 18 heavy (non-hydrogen) atoms. The lowest BCUT2D eigenvalue weighted by molar-refractivity contribution is -0.117. The smallest absolute Gasteiger partial charge is 0.241 e. The van der Waals surface area contributed by atoms with E-state index in [2.05, 4.69) is 10.3 Å². The second kappa shape index (κ2) is 6.96. The summed E-state index contributed by atoms with van der Waals surface area (Å²) in [6.07, 6.45) is 2.27. The number of carbonyl (C=O) groups is 1. The summed E-state index contributed by atoms with van der Waals surface area (Å²) >= 11 is 0. The van der Waals surface area contributed by atoms with Crippen LogP contribution in [0.5, 0.6) is 5.88 Å². The van der Waals surface area contributed by atoms with Crippen LogP contribution in [-0.4, -0.2) is 23.5 Å². The molecule has 0 spiro atoms. The standard InChI is InChI=1S/C13H21N3O2/c1-4-18-13-11(6-5-7-15-13)16-12(17)10(14)8-9(2)3/h5-7,9-10H,4,8,14H2,1-3H3,(H,16,17)/t10-/m0/s1. The Morgan fingerprint density at radius 2 is 2.28 bits per heavy atom. The van der Waals surface area contributed by atoms with Crippen molar-refractivity contribution in [3.63, 3.8) is 0 Å². The molecule has 0 aliphatic rings. The Bertz CT molecular complexity index is 394. The fourth-order valence-corrected chi connectivity index (χ4v) is 1.58. The lowest BCUT2D eigenvalue weighted by Gasteiger charge is -2.15. The quantitative estimate of drug-likeness (QED) is 0.808. The molecule has 1 aromatic heterocycles. The maximum atomic E-state index is 11.9. The molecule has 100 valence electrons. The van der Waals surface area contributed by atoms with E-state index in [-0.39, 0.29) is 5.91 Å². The number of aromatic nitrogens is 1. The molecule has 0 saturated heterocycles. The van der Waals surface area contributed by atoms with Crippen molar-refractivity contribution in [2.75, 3.05) is 11.9 Å². The maximum Gasteiger partial charge on any atom is 0.241 e. The molecule has 0 fully saturated rings. The van der Waals surface area contributed by atoms with Gasteiger partial charge in [-0.2, -0.15) is 0 Å². The largest absolute Gasteiger partial charge is 0.476 e. The van der Waals surface area contributed by atoms with Crippen LogP contribution in [0.15, 0.2) is 18.3 Å². The van der Waals surface area contributed by atoms with Gasteiger partial charge in [0.2, 0.25) is 11.8 Å². The van der Waals surface area contributed by atoms with Crippen LogP contribution in [0.4, 0.5) is 5.69 Å². The fraction of sp³-hybridized carbons (Fsp3) is 0.538. The fourth-order valence-electron chi connectivity index (χ4n) is 1.58. The van der Waals surface area contributed by atoms with Crippen molar-refractivity contribution in [1.29, 1.82) is 0 Å². The second-order valence-electron chi connectivity index (χ2n) is 4.51. The summed E-state index contributed by atoms with van der Waals surface area (Å²) in [5.74, 6) is 0.591. The second-order valence-corrected chi connectivity index (χ2v) is 4.51. The van der Waals surface area contributed by atoms with Crippen LogP contribution in [0.2, 0.25) is 0 Å². The summed E-state index contributed by atoms with van der Waals surface area (Å²) in [6.45, 7) is 6.42. The van der Waals surface area contributed by atoms with E-state index in [1.165, 1.54) is 0 Å². The van der Waals surface area contributed by atoms with Crippen molar-refractivity contribution in [1.82, 2.24) is 4.98 Å². The van der Waals surface area contributed by atoms with Crippen LogP contribution in [0.1, 0.15) is 27.2 Å². The Hall–Kier alpha value is -1.62. The van der Waals surface area contributed by atoms with Crippen molar-refractivity contribution >= 4 is 11.6 Å². The van der Waals surface area contributed by atoms with Crippen molar-refractivity contribution < 1.29 is 9.53 Å². The van der Waals surface area contributed by atoms with Gasteiger partial charge in [0, 0.05) is 6.20 Å². The summed E-state index contributed by atoms with van der Waals surface area (Å²) < 4.78 is 5.33. The Kier molecular flexibility index (Phi) is 5.58. The molecule has 1 rings (SSSR count). The average Bonchev–Trinajstić information content (AvgIpc) is 2.31. The van der Waals surface area contributed by atoms with Crippen molar-refractivity contribution in [2.24, 2.45) is 11.7 Å². The molecule has 1 amide bonds. The third-order valence-corrected chi connectivity index (χ3v) is 2.37. The van der Waals surface area contributed by atoms with Gasteiger partial charge in [-0.3, -0.25) is 4.79 Å². The first-order valence-electron chi connectivity index (χ1n) is 6.18. The van der Waals surface area contributed by atoms with Crippen LogP contribution in [0.25, 0.3) is 0 Å². The average molecular weight is 251 g/mol. The van der Waals surface area contributed by atoms with Crippen LogP contribution >= 0.6 is 0 Å². The van der Waals surface area contributed by atoms with Crippen LogP contribution in [0.3, 0.4) is 0 Å². The van der Waals surface area contributed by atoms with Crippen molar-refractivity contribution in [2.45, 2.75) is 33.2 Å². The van der Waals surface area contributed by atoms with Crippen LogP contribution in [-0.2, 0) is 4.79 Å². The molecule has 0 aliphatic heterocycles. The van der Waals surface area contributed by atoms with E-state index >= 15 is 0 Å². The Labute approximate surface area is 108 Å². The van der Waals surface area contributed by atoms with E-state index in [0.717, 1.165) is 0 Å². The first-order valence-corrected chi connectivity index (χ1v) is 6.18. The Balaban J connectivity index is 2.69. The van der Waals surface area contributed by atoms with Gasteiger partial charge in [-0.25, -0.2) is 4.98 Å². The number of rotatable bonds is 6. The van der Waals surface area contributed by atoms with E-state index in [0.29, 0.717) is 30.5 Å². The van der Waals surface area contributed by atoms with Gasteiger partial charge in [-0.1, -0.05) is 13.8 Å². The molecule has 5 nitrogen and oxygen atoms in total. The Morgan fingerprint density at radius 3 is 2.89 bits per heavy atom. The minimum atomic E-state index is -0.514. The molecule has 1 aromatic rings. The van der Waals surface area contributed by atoms with Gasteiger partial charge in [0.15, 0.2) is 0 Å². The summed E-state index contributed by atoms with van der Waals surface area (Å²) in [7, 11) is 0. The van der Waals surface area contributed by atoms with Gasteiger partial charge in [0.25, 0.3) is 0 Å². The summed E-state index contributed by atoms with van der Waals surface area (Å²) in [4.78, 5) is 15.9. The highest BCUT2D eigenvalue weighted by molar-refractivity contribution is 5.95. The van der Waals surface area contributed by atoms with E-state index < -0.39 is 6.04 Å². The number of amides is 1. The third-order valence-electron chi connectivity index (χ3n) is 2.37. The lowest BCUT2D eigenvalue weighted by Crippen LogP contribution is -2.36. The number of anilines is 1. The highest BCUT2D eigenvalue weighted by Gasteiger charge is 2.16. The normalized spacial score (nSPS) is 12.3. The molecule has 0 unspecified atom stereocenters.